The molecule has 0 amide bonds. The van der Waals surface area contributed by atoms with Crippen molar-refractivity contribution < 1.29 is 32.2 Å². The number of hydrogen-bond acceptors (Lipinski definition) is 5. The van der Waals surface area contributed by atoms with Crippen molar-refractivity contribution >= 4 is 40.2 Å². The Morgan fingerprint density at radius 2 is 1.73 bits per heavy atom. The minimum absolute atomic E-state index is 0.0833. The van der Waals surface area contributed by atoms with E-state index < -0.39 is 23.7 Å². The average molecular weight is 479 g/mol. The lowest BCUT2D eigenvalue weighted by Gasteiger charge is -2.24. The summed E-state index contributed by atoms with van der Waals surface area (Å²) in [7, 11) is 2.29. The number of methoxy groups -OCH3 is 2. The molecular formula is C17H13F3INO4. The molecule has 0 aliphatic carbocycles. The van der Waals surface area contributed by atoms with Crippen LogP contribution in [-0.4, -0.2) is 26.2 Å². The van der Waals surface area contributed by atoms with E-state index in [1.54, 1.807) is 22.6 Å². The van der Waals surface area contributed by atoms with Crippen LogP contribution in [0.4, 0.5) is 18.9 Å². The Kier molecular flexibility index (Phi) is 6.11. The molecule has 0 atom stereocenters. The van der Waals surface area contributed by atoms with Gasteiger partial charge in [0.1, 0.15) is 5.70 Å². The van der Waals surface area contributed by atoms with Gasteiger partial charge in [-0.1, -0.05) is 6.08 Å². The van der Waals surface area contributed by atoms with Crippen molar-refractivity contribution in [3.63, 3.8) is 0 Å². The molecule has 0 fully saturated rings. The number of esters is 2. The molecule has 0 bridgehead atoms. The number of hydrogen-bond donors (Lipinski definition) is 0. The second-order valence-electron chi connectivity index (χ2n) is 4.98. The lowest BCUT2D eigenvalue weighted by Crippen LogP contribution is -2.27. The minimum atomic E-state index is -4.49. The maximum atomic E-state index is 12.9. The molecule has 138 valence electrons. The third-order valence-corrected chi connectivity index (χ3v) is 4.29. The second kappa shape index (κ2) is 7.94. The van der Waals surface area contributed by atoms with Gasteiger partial charge < -0.3 is 14.4 Å². The van der Waals surface area contributed by atoms with Crippen LogP contribution in [0.5, 0.6) is 0 Å². The monoisotopic (exact) mass is 479 g/mol. The minimum Gasteiger partial charge on any atom is -0.465 e. The largest absolute Gasteiger partial charge is 0.465 e. The van der Waals surface area contributed by atoms with Crippen molar-refractivity contribution in [2.45, 2.75) is 6.18 Å². The Morgan fingerprint density at radius 1 is 1.08 bits per heavy atom. The van der Waals surface area contributed by atoms with Crippen LogP contribution in [0, 0.1) is 3.57 Å². The molecule has 0 saturated carbocycles. The predicted molar refractivity (Wildman–Crippen MR) is 96.0 cm³/mol. The van der Waals surface area contributed by atoms with Crippen molar-refractivity contribution in [1.82, 2.24) is 0 Å². The first-order chi connectivity index (χ1) is 12.2. The third kappa shape index (κ3) is 4.09. The molecule has 0 aromatic heterocycles. The van der Waals surface area contributed by atoms with E-state index >= 15 is 0 Å². The molecular weight excluding hydrogens is 466 g/mol. The summed E-state index contributed by atoms with van der Waals surface area (Å²) in [5, 5.41) is 0. The molecule has 1 aliphatic heterocycles. The summed E-state index contributed by atoms with van der Waals surface area (Å²) in [4.78, 5) is 25.6. The smallest absolute Gasteiger partial charge is 0.416 e. The molecule has 0 radical (unpaired) electrons. The number of alkyl halides is 3. The molecule has 5 nitrogen and oxygen atoms in total. The van der Waals surface area contributed by atoms with Crippen molar-refractivity contribution in [3.8, 4) is 0 Å². The van der Waals surface area contributed by atoms with E-state index in [0.717, 1.165) is 26.4 Å². The standard InChI is InChI=1S/C17H13F3INO4/c1-25-15(23)11-5-3-4-8-22(14(11)16(24)26-2)13-7-6-10(9-12(13)21)17(18,19)20/h3-9H,1-2H3. The zero-order valence-electron chi connectivity index (χ0n) is 13.6. The summed E-state index contributed by atoms with van der Waals surface area (Å²) in [6.07, 6.45) is 1.36. The zero-order chi connectivity index (χ0) is 19.5. The Labute approximate surface area is 160 Å². The van der Waals surface area contributed by atoms with Gasteiger partial charge in [0.2, 0.25) is 0 Å². The molecule has 2 rings (SSSR count). The summed E-state index contributed by atoms with van der Waals surface area (Å²) < 4.78 is 48.3. The number of carbonyl (C=O) groups excluding carboxylic acids is 2. The molecule has 1 heterocycles. The van der Waals surface area contributed by atoms with E-state index in [1.807, 2.05) is 0 Å². The number of allylic oxidation sites excluding steroid dienone is 2. The van der Waals surface area contributed by atoms with Crippen LogP contribution in [0.15, 0.2) is 53.9 Å². The Bertz CT molecular complexity index is 828. The average Bonchev–Trinajstić information content (AvgIpc) is 2.82. The summed E-state index contributed by atoms with van der Waals surface area (Å²) >= 11 is 1.73. The highest BCUT2D eigenvalue weighted by Crippen LogP contribution is 2.35. The van der Waals surface area contributed by atoms with Crippen LogP contribution in [-0.2, 0) is 25.2 Å². The van der Waals surface area contributed by atoms with Gasteiger partial charge in [-0.15, -0.1) is 0 Å². The van der Waals surface area contributed by atoms with Crippen LogP contribution in [0.1, 0.15) is 5.56 Å². The third-order valence-electron chi connectivity index (χ3n) is 3.42. The number of nitrogens with zero attached hydrogens (tertiary/aromatic N) is 1. The molecule has 0 unspecified atom stereocenters. The fourth-order valence-electron chi connectivity index (χ4n) is 2.23. The van der Waals surface area contributed by atoms with Gasteiger partial charge in [0.25, 0.3) is 0 Å². The normalized spacial score (nSPS) is 14.3. The number of anilines is 1. The van der Waals surface area contributed by atoms with E-state index in [9.17, 15) is 22.8 Å². The van der Waals surface area contributed by atoms with Gasteiger partial charge in [-0.3, -0.25) is 0 Å². The summed E-state index contributed by atoms with van der Waals surface area (Å²) in [6, 6.07) is 3.07. The molecule has 0 spiro atoms. The summed E-state index contributed by atoms with van der Waals surface area (Å²) in [6.45, 7) is 0. The van der Waals surface area contributed by atoms with E-state index in [0.29, 0.717) is 0 Å². The molecule has 1 aromatic rings. The van der Waals surface area contributed by atoms with E-state index in [1.165, 1.54) is 35.4 Å². The number of carbonyl (C=O) groups is 2. The highest BCUT2D eigenvalue weighted by Gasteiger charge is 2.33. The molecule has 9 heteroatoms. The highest BCUT2D eigenvalue weighted by molar-refractivity contribution is 14.1. The lowest BCUT2D eigenvalue weighted by atomic mass is 10.1. The van der Waals surface area contributed by atoms with Gasteiger partial charge in [-0.25, -0.2) is 9.59 Å². The molecule has 1 aliphatic rings. The number of halogens is 4. The van der Waals surface area contributed by atoms with Crippen LogP contribution >= 0.6 is 22.6 Å². The summed E-state index contributed by atoms with van der Waals surface area (Å²) in [5.41, 5.74) is -0.790. The van der Waals surface area contributed by atoms with Crippen LogP contribution < -0.4 is 4.90 Å². The predicted octanol–water partition coefficient (Wildman–Crippen LogP) is 3.80. The fourth-order valence-corrected chi connectivity index (χ4v) is 3.00. The first kappa shape index (κ1) is 20.0. The quantitative estimate of drug-likeness (QED) is 0.488. The first-order valence-corrected chi connectivity index (χ1v) is 8.20. The van der Waals surface area contributed by atoms with Crippen molar-refractivity contribution in [2.24, 2.45) is 0 Å². The zero-order valence-corrected chi connectivity index (χ0v) is 15.8. The number of ether oxygens (including phenoxy) is 2. The maximum absolute atomic E-state index is 12.9. The first-order valence-electron chi connectivity index (χ1n) is 7.12. The molecule has 26 heavy (non-hydrogen) atoms. The van der Waals surface area contributed by atoms with Crippen molar-refractivity contribution in [1.29, 1.82) is 0 Å². The molecule has 0 N–H and O–H groups in total. The second-order valence-corrected chi connectivity index (χ2v) is 6.14. The molecule has 1 aromatic carbocycles. The SMILES string of the molecule is COC(=O)C1=C(C(=O)OC)N(c2ccc(C(F)(F)F)cc2I)C=CC=C1. The van der Waals surface area contributed by atoms with Crippen molar-refractivity contribution in [3.05, 3.63) is 63.0 Å². The van der Waals surface area contributed by atoms with Crippen molar-refractivity contribution in [2.75, 3.05) is 19.1 Å². The number of benzene rings is 1. The lowest BCUT2D eigenvalue weighted by molar-refractivity contribution is -0.139. The van der Waals surface area contributed by atoms with Gasteiger partial charge in [-0.2, -0.15) is 13.2 Å². The van der Waals surface area contributed by atoms with Gasteiger partial charge in [0.15, 0.2) is 0 Å². The van der Waals surface area contributed by atoms with E-state index in [4.69, 9.17) is 4.74 Å². The van der Waals surface area contributed by atoms with Gasteiger partial charge in [0, 0.05) is 9.77 Å². The van der Waals surface area contributed by atoms with Gasteiger partial charge in [0.05, 0.1) is 31.0 Å². The Balaban J connectivity index is 2.66. The van der Waals surface area contributed by atoms with E-state index in [-0.39, 0.29) is 20.5 Å². The maximum Gasteiger partial charge on any atom is 0.416 e. The van der Waals surface area contributed by atoms with Gasteiger partial charge >= 0.3 is 18.1 Å². The Hall–Kier alpha value is -2.30. The Morgan fingerprint density at radius 3 is 2.27 bits per heavy atom. The highest BCUT2D eigenvalue weighted by atomic mass is 127. The van der Waals surface area contributed by atoms with E-state index in [2.05, 4.69) is 4.74 Å². The van der Waals surface area contributed by atoms with Crippen LogP contribution in [0.2, 0.25) is 0 Å². The van der Waals surface area contributed by atoms with Crippen LogP contribution in [0.25, 0.3) is 0 Å². The van der Waals surface area contributed by atoms with Crippen LogP contribution in [0.3, 0.4) is 0 Å². The van der Waals surface area contributed by atoms with Gasteiger partial charge in [-0.05, 0) is 52.9 Å². The fraction of sp³-hybridized carbons (Fsp3) is 0.176. The summed E-state index contributed by atoms with van der Waals surface area (Å²) in [5.74, 6) is -1.62. The number of rotatable bonds is 3. The topological polar surface area (TPSA) is 55.8 Å². The molecule has 0 saturated heterocycles.